The van der Waals surface area contributed by atoms with E-state index >= 15 is 0 Å². The summed E-state index contributed by atoms with van der Waals surface area (Å²) in [6.45, 7) is 6.64. The van der Waals surface area contributed by atoms with Crippen molar-refractivity contribution in [3.8, 4) is 11.5 Å². The number of likely N-dealkylation sites (tertiary alicyclic amines) is 1. The van der Waals surface area contributed by atoms with Crippen LogP contribution in [0.4, 0.5) is 10.6 Å². The van der Waals surface area contributed by atoms with Gasteiger partial charge in [-0.25, -0.2) is 14.8 Å². The van der Waals surface area contributed by atoms with Gasteiger partial charge in [-0.1, -0.05) is 29.8 Å². The highest BCUT2D eigenvalue weighted by Crippen LogP contribution is 2.32. The summed E-state index contributed by atoms with van der Waals surface area (Å²) < 4.78 is 11.4. The average Bonchev–Trinajstić information content (AvgIpc) is 3.34. The number of hydrogen-bond donors (Lipinski definition) is 2. The van der Waals surface area contributed by atoms with Crippen LogP contribution in [0, 0.1) is 0 Å². The van der Waals surface area contributed by atoms with Crippen LogP contribution in [-0.4, -0.2) is 56.5 Å². The van der Waals surface area contributed by atoms with Gasteiger partial charge in [0.25, 0.3) is 0 Å². The van der Waals surface area contributed by atoms with Crippen molar-refractivity contribution in [3.05, 3.63) is 77.2 Å². The van der Waals surface area contributed by atoms with E-state index in [1.807, 2.05) is 51.1 Å². The molecular weight excluding hydrogens is 518 g/mol. The number of nitrogens with one attached hydrogen (secondary N) is 2. The molecular formula is C29H30ClN5O4. The van der Waals surface area contributed by atoms with E-state index in [0.717, 1.165) is 12.8 Å². The molecule has 5 rings (SSSR count). The number of H-pyrrole nitrogens is 1. The van der Waals surface area contributed by atoms with Gasteiger partial charge < -0.3 is 24.7 Å². The minimum atomic E-state index is -0.566. The van der Waals surface area contributed by atoms with E-state index in [9.17, 15) is 9.59 Å². The Kier molecular flexibility index (Phi) is 7.43. The summed E-state index contributed by atoms with van der Waals surface area (Å²) in [4.78, 5) is 39.8. The van der Waals surface area contributed by atoms with Crippen LogP contribution < -0.4 is 10.1 Å². The van der Waals surface area contributed by atoms with E-state index in [1.54, 1.807) is 29.3 Å². The van der Waals surface area contributed by atoms with Gasteiger partial charge in [0, 0.05) is 37.0 Å². The minimum Gasteiger partial charge on any atom is -0.457 e. The molecule has 0 saturated carbocycles. The lowest BCUT2D eigenvalue weighted by Gasteiger charge is -2.34. The number of aromatic amines is 1. The van der Waals surface area contributed by atoms with E-state index in [1.165, 1.54) is 6.33 Å². The predicted octanol–water partition coefficient (Wildman–Crippen LogP) is 6.45. The molecule has 0 radical (unpaired) electrons. The molecule has 0 bridgehead atoms. The Morgan fingerprint density at radius 2 is 1.87 bits per heavy atom. The van der Waals surface area contributed by atoms with Gasteiger partial charge in [0.15, 0.2) is 5.78 Å². The molecule has 39 heavy (non-hydrogen) atoms. The molecule has 0 unspecified atom stereocenters. The molecule has 3 heterocycles. The van der Waals surface area contributed by atoms with Gasteiger partial charge in [-0.3, -0.25) is 4.79 Å². The summed E-state index contributed by atoms with van der Waals surface area (Å²) in [6.07, 6.45) is 4.37. The first-order chi connectivity index (χ1) is 18.7. The summed E-state index contributed by atoms with van der Waals surface area (Å²) in [5, 5.41) is 4.27. The standard InChI is InChI=1S/C29H30ClN5O4/c1-29(2,3)39-28(37)35-13-7-8-18(16-35)34-27-24-22(15-31-26(24)32-17-33-27)25(36)21-12-11-20(14-23(21)30)38-19-9-5-4-6-10-19/h4-6,9-12,14-15,17-18H,7-8,13,16H2,1-3H3,(H2,31,32,33,34)/t18-/m1/s1. The van der Waals surface area contributed by atoms with Crippen LogP contribution in [0.2, 0.25) is 5.02 Å². The molecule has 202 valence electrons. The van der Waals surface area contributed by atoms with E-state index < -0.39 is 5.60 Å². The Balaban J connectivity index is 1.37. The summed E-state index contributed by atoms with van der Waals surface area (Å²) in [7, 11) is 0. The second-order valence-corrected chi connectivity index (χ2v) is 10.9. The van der Waals surface area contributed by atoms with E-state index in [4.69, 9.17) is 21.1 Å². The van der Waals surface area contributed by atoms with Crippen molar-refractivity contribution in [2.24, 2.45) is 0 Å². The van der Waals surface area contributed by atoms with Crippen molar-refractivity contribution < 1.29 is 19.1 Å². The van der Waals surface area contributed by atoms with E-state index in [2.05, 4.69) is 20.3 Å². The molecule has 1 amide bonds. The maximum Gasteiger partial charge on any atom is 0.410 e. The van der Waals surface area contributed by atoms with Gasteiger partial charge in [0.1, 0.15) is 34.9 Å². The fourth-order valence-corrected chi connectivity index (χ4v) is 4.80. The summed E-state index contributed by atoms with van der Waals surface area (Å²) in [5.74, 6) is 1.44. The number of fused-ring (bicyclic) bond motifs is 1. The SMILES string of the molecule is CC(C)(C)OC(=O)N1CCC[C@@H](Nc2ncnc3[nH]cc(C(=O)c4ccc(Oc5ccccc5)cc4Cl)c23)C1. The zero-order chi connectivity index (χ0) is 27.6. The molecule has 2 aromatic carbocycles. The number of carbonyl (C=O) groups is 2. The van der Waals surface area contributed by atoms with Gasteiger partial charge in [-0.05, 0) is 57.9 Å². The number of aromatic nitrogens is 3. The number of amides is 1. The van der Waals surface area contributed by atoms with Crippen LogP contribution in [0.1, 0.15) is 49.5 Å². The van der Waals surface area contributed by atoms with Gasteiger partial charge in [-0.15, -0.1) is 0 Å². The van der Waals surface area contributed by atoms with Crippen molar-refractivity contribution >= 4 is 40.3 Å². The molecule has 1 atom stereocenters. The molecule has 10 heteroatoms. The Hall–Kier alpha value is -4.11. The maximum absolute atomic E-state index is 13.6. The molecule has 2 aromatic heterocycles. The summed E-state index contributed by atoms with van der Waals surface area (Å²) in [6, 6.07) is 14.3. The fourth-order valence-electron chi connectivity index (χ4n) is 4.55. The predicted molar refractivity (Wildman–Crippen MR) is 150 cm³/mol. The smallest absolute Gasteiger partial charge is 0.410 e. The summed E-state index contributed by atoms with van der Waals surface area (Å²) >= 11 is 6.54. The van der Waals surface area contributed by atoms with Gasteiger partial charge in [0.2, 0.25) is 0 Å². The molecule has 4 aromatic rings. The van der Waals surface area contributed by atoms with Crippen LogP contribution >= 0.6 is 11.6 Å². The Bertz CT molecular complexity index is 1500. The van der Waals surface area contributed by atoms with Gasteiger partial charge >= 0.3 is 6.09 Å². The highest BCUT2D eigenvalue weighted by atomic mass is 35.5. The van der Waals surface area contributed by atoms with Crippen LogP contribution in [-0.2, 0) is 4.74 Å². The third-order valence-corrected chi connectivity index (χ3v) is 6.61. The Morgan fingerprint density at radius 3 is 2.62 bits per heavy atom. The molecule has 0 spiro atoms. The molecule has 1 saturated heterocycles. The molecule has 1 fully saturated rings. The number of halogens is 1. The molecule has 1 aliphatic heterocycles. The maximum atomic E-state index is 13.6. The first kappa shape index (κ1) is 26.5. The number of rotatable bonds is 6. The van der Waals surface area contributed by atoms with Crippen molar-refractivity contribution in [1.29, 1.82) is 0 Å². The molecule has 1 aliphatic rings. The van der Waals surface area contributed by atoms with Crippen LogP contribution in [0.25, 0.3) is 11.0 Å². The number of carbonyl (C=O) groups excluding carboxylic acids is 2. The number of hydrogen-bond acceptors (Lipinski definition) is 7. The normalized spacial score (nSPS) is 15.7. The van der Waals surface area contributed by atoms with Gasteiger partial charge in [-0.2, -0.15) is 0 Å². The van der Waals surface area contributed by atoms with Crippen LogP contribution in [0.15, 0.2) is 61.1 Å². The second kappa shape index (κ2) is 10.9. The van der Waals surface area contributed by atoms with Crippen molar-refractivity contribution in [2.75, 3.05) is 18.4 Å². The Morgan fingerprint density at radius 1 is 1.08 bits per heavy atom. The lowest BCUT2D eigenvalue weighted by molar-refractivity contribution is 0.0206. The largest absolute Gasteiger partial charge is 0.457 e. The van der Waals surface area contributed by atoms with Crippen molar-refractivity contribution in [1.82, 2.24) is 19.9 Å². The number of anilines is 1. The minimum absolute atomic E-state index is 0.0692. The monoisotopic (exact) mass is 547 g/mol. The quantitative estimate of drug-likeness (QED) is 0.267. The number of ketones is 1. The molecule has 9 nitrogen and oxygen atoms in total. The second-order valence-electron chi connectivity index (χ2n) is 10.4. The average molecular weight is 548 g/mol. The summed E-state index contributed by atoms with van der Waals surface area (Å²) in [5.41, 5.74) is 0.688. The first-order valence-corrected chi connectivity index (χ1v) is 13.2. The van der Waals surface area contributed by atoms with Crippen LogP contribution in [0.3, 0.4) is 0 Å². The number of piperidine rings is 1. The highest BCUT2D eigenvalue weighted by molar-refractivity contribution is 6.35. The van der Waals surface area contributed by atoms with Crippen molar-refractivity contribution in [3.63, 3.8) is 0 Å². The number of ether oxygens (including phenoxy) is 2. The van der Waals surface area contributed by atoms with E-state index in [0.29, 0.717) is 52.6 Å². The lowest BCUT2D eigenvalue weighted by Crippen LogP contribution is -2.47. The molecule has 0 aliphatic carbocycles. The highest BCUT2D eigenvalue weighted by Gasteiger charge is 2.29. The van der Waals surface area contributed by atoms with E-state index in [-0.39, 0.29) is 22.9 Å². The van der Waals surface area contributed by atoms with Gasteiger partial charge in [0.05, 0.1) is 16.0 Å². The number of benzene rings is 2. The number of para-hydroxylation sites is 1. The third kappa shape index (κ3) is 6.15. The topological polar surface area (TPSA) is 109 Å². The number of nitrogens with zero attached hydrogens (tertiary/aromatic N) is 3. The first-order valence-electron chi connectivity index (χ1n) is 12.8. The zero-order valence-corrected chi connectivity index (χ0v) is 22.8. The fraction of sp³-hybridized carbons (Fsp3) is 0.310. The van der Waals surface area contributed by atoms with Crippen LogP contribution in [0.5, 0.6) is 11.5 Å². The molecule has 2 N–H and O–H groups in total. The lowest BCUT2D eigenvalue weighted by atomic mass is 10.0. The van der Waals surface area contributed by atoms with Crippen molar-refractivity contribution in [2.45, 2.75) is 45.3 Å². The third-order valence-electron chi connectivity index (χ3n) is 6.29. The zero-order valence-electron chi connectivity index (χ0n) is 22.0. The Labute approximate surface area is 231 Å².